The van der Waals surface area contributed by atoms with E-state index in [0.717, 1.165) is 31.4 Å². The molecule has 1 aromatic heterocycles. The second-order valence-electron chi connectivity index (χ2n) is 8.05. The zero-order valence-electron chi connectivity index (χ0n) is 18.2. The summed E-state index contributed by atoms with van der Waals surface area (Å²) in [5, 5.41) is 18.8. The van der Waals surface area contributed by atoms with Crippen molar-refractivity contribution >= 4 is 40.5 Å². The topological polar surface area (TPSA) is 172 Å². The highest BCUT2D eigenvalue weighted by Crippen LogP contribution is 2.23. The number of primary amides is 1. The lowest BCUT2D eigenvalue weighted by Gasteiger charge is -2.29. The van der Waals surface area contributed by atoms with Crippen LogP contribution in [0.4, 0.5) is 23.1 Å². The zero-order chi connectivity index (χ0) is 23.2. The second-order valence-corrected chi connectivity index (χ2v) is 8.05. The standard InChI is InChI=1S/C23H27N9O/c24-17-8-1-3-10-19(17)29-23-27-13-16(21(26)33)22(30-23)28-14-6-5-7-15(12-14)31-32-20-11-4-2-9-18(20)25/h2,4-7,9,11-13,17,19,25,31H,1,3,8,10,24H2,(H2,26,33)(H2,27,28,29,30)/p+1/b25-18?,32-20-/t17-,19+/m0/s1. The molecule has 0 spiro atoms. The minimum atomic E-state index is -0.622. The summed E-state index contributed by atoms with van der Waals surface area (Å²) < 4.78 is 0. The largest absolute Gasteiger partial charge is 0.365 e. The number of hydrogen-bond acceptors (Lipinski definition) is 8. The van der Waals surface area contributed by atoms with Gasteiger partial charge in [-0.05, 0) is 31.1 Å². The van der Waals surface area contributed by atoms with Gasteiger partial charge in [0.05, 0.1) is 5.71 Å². The van der Waals surface area contributed by atoms with Crippen LogP contribution in [0, 0.1) is 5.41 Å². The number of aromatic nitrogens is 2. The van der Waals surface area contributed by atoms with Crippen LogP contribution in [-0.4, -0.2) is 39.4 Å². The summed E-state index contributed by atoms with van der Waals surface area (Å²) in [5.74, 6) is 0.0905. The first kappa shape index (κ1) is 22.3. The predicted molar refractivity (Wildman–Crippen MR) is 129 cm³/mol. The first-order valence-corrected chi connectivity index (χ1v) is 10.9. The van der Waals surface area contributed by atoms with E-state index in [4.69, 9.17) is 16.9 Å². The van der Waals surface area contributed by atoms with Gasteiger partial charge in [0.25, 0.3) is 5.91 Å². The number of carbonyl (C=O) groups excluding carboxylic acids is 1. The van der Waals surface area contributed by atoms with E-state index in [2.05, 4.69) is 25.7 Å². The Labute approximate surface area is 191 Å². The maximum Gasteiger partial charge on any atom is 0.254 e. The molecule has 9 N–H and O–H groups in total. The molecule has 0 saturated heterocycles. The summed E-state index contributed by atoms with van der Waals surface area (Å²) >= 11 is 0. The minimum Gasteiger partial charge on any atom is -0.365 e. The van der Waals surface area contributed by atoms with Crippen molar-refractivity contribution in [1.29, 1.82) is 5.41 Å². The average molecular weight is 447 g/mol. The molecule has 0 aliphatic heterocycles. The van der Waals surface area contributed by atoms with Gasteiger partial charge in [0.2, 0.25) is 5.95 Å². The van der Waals surface area contributed by atoms with Crippen LogP contribution in [0.2, 0.25) is 0 Å². The van der Waals surface area contributed by atoms with Gasteiger partial charge in [-0.15, -0.1) is 0 Å². The maximum absolute atomic E-state index is 11.9. The van der Waals surface area contributed by atoms with E-state index in [9.17, 15) is 4.79 Å². The molecular formula is C23H28N9O+. The summed E-state index contributed by atoms with van der Waals surface area (Å²) in [6, 6.07) is 7.61. The Balaban J connectivity index is 1.52. The molecule has 33 heavy (non-hydrogen) atoms. The van der Waals surface area contributed by atoms with E-state index in [1.54, 1.807) is 23.7 Å². The summed E-state index contributed by atoms with van der Waals surface area (Å²) in [4.78, 5) is 20.7. The number of anilines is 3. The van der Waals surface area contributed by atoms with Crippen molar-refractivity contribution in [2.24, 2.45) is 16.6 Å². The second kappa shape index (κ2) is 10.2. The third kappa shape index (κ3) is 5.68. The Hall–Kier alpha value is -3.89. The fourth-order valence-corrected chi connectivity index (χ4v) is 3.80. The highest BCUT2D eigenvalue weighted by atomic mass is 16.1. The number of quaternary nitrogens is 1. The molecule has 1 heterocycles. The summed E-state index contributed by atoms with van der Waals surface area (Å²) in [5.41, 5.74) is 16.1. The predicted octanol–water partition coefficient (Wildman–Crippen LogP) is 1.70. The molecule has 2 aliphatic carbocycles. The van der Waals surface area contributed by atoms with Crippen molar-refractivity contribution in [1.82, 2.24) is 9.97 Å². The molecular weight excluding hydrogens is 418 g/mol. The van der Waals surface area contributed by atoms with E-state index < -0.39 is 5.91 Å². The molecule has 2 aromatic rings. The SMILES string of the molecule is N=C1C=CC=C/C1=N/[NH2+]c1cccc(Nc2nc(N[C@@H]3CCCC[C@@H]3N)ncc2C(N)=O)c1. The fraction of sp³-hybridized carbons (Fsp3) is 0.261. The van der Waals surface area contributed by atoms with Crippen molar-refractivity contribution in [3.8, 4) is 0 Å². The molecule has 1 saturated carbocycles. The highest BCUT2D eigenvalue weighted by Gasteiger charge is 2.23. The molecule has 10 heteroatoms. The Kier molecular flexibility index (Phi) is 6.86. The zero-order valence-corrected chi connectivity index (χ0v) is 18.2. The van der Waals surface area contributed by atoms with Crippen LogP contribution in [-0.2, 0) is 0 Å². The monoisotopic (exact) mass is 446 g/mol. The molecule has 1 aromatic carbocycles. The van der Waals surface area contributed by atoms with E-state index in [1.807, 2.05) is 30.3 Å². The van der Waals surface area contributed by atoms with Crippen molar-refractivity contribution in [3.05, 3.63) is 60.3 Å². The van der Waals surface area contributed by atoms with Crippen LogP contribution in [0.5, 0.6) is 0 Å². The lowest BCUT2D eigenvalue weighted by Crippen LogP contribution is -2.71. The number of benzene rings is 1. The van der Waals surface area contributed by atoms with E-state index in [-0.39, 0.29) is 17.6 Å². The summed E-state index contributed by atoms with van der Waals surface area (Å²) in [6.45, 7) is 0. The lowest BCUT2D eigenvalue weighted by atomic mass is 9.91. The van der Waals surface area contributed by atoms with Crippen LogP contribution < -0.4 is 27.5 Å². The molecule has 1 fully saturated rings. The van der Waals surface area contributed by atoms with Gasteiger partial charge < -0.3 is 22.1 Å². The van der Waals surface area contributed by atoms with Crippen LogP contribution in [0.15, 0.2) is 59.9 Å². The number of rotatable bonds is 7. The first-order chi connectivity index (χ1) is 16.0. The van der Waals surface area contributed by atoms with E-state index in [0.29, 0.717) is 28.9 Å². The first-order valence-electron chi connectivity index (χ1n) is 10.9. The molecule has 1 amide bonds. The van der Waals surface area contributed by atoms with Gasteiger partial charge in [-0.1, -0.05) is 36.2 Å². The summed E-state index contributed by atoms with van der Waals surface area (Å²) in [7, 11) is 0. The van der Waals surface area contributed by atoms with E-state index >= 15 is 0 Å². The van der Waals surface area contributed by atoms with Crippen LogP contribution in [0.1, 0.15) is 36.0 Å². The average Bonchev–Trinajstić information content (AvgIpc) is 2.80. The van der Waals surface area contributed by atoms with Crippen molar-refractivity contribution in [2.45, 2.75) is 37.8 Å². The molecule has 0 unspecified atom stereocenters. The normalized spacial score (nSPS) is 21.2. The van der Waals surface area contributed by atoms with Gasteiger partial charge in [0.1, 0.15) is 17.1 Å². The smallest absolute Gasteiger partial charge is 0.254 e. The number of nitrogens with one attached hydrogen (secondary N) is 3. The Bertz CT molecular complexity index is 1140. The molecule has 2 atom stereocenters. The van der Waals surface area contributed by atoms with Crippen LogP contribution in [0.3, 0.4) is 0 Å². The van der Waals surface area contributed by atoms with Crippen LogP contribution >= 0.6 is 0 Å². The summed E-state index contributed by atoms with van der Waals surface area (Å²) in [6.07, 6.45) is 12.7. The third-order valence-electron chi connectivity index (χ3n) is 5.59. The Morgan fingerprint density at radius 2 is 2.03 bits per heavy atom. The fourth-order valence-electron chi connectivity index (χ4n) is 3.80. The van der Waals surface area contributed by atoms with Gasteiger partial charge in [0.15, 0.2) is 5.69 Å². The number of allylic oxidation sites excluding steroid dienone is 4. The number of nitrogens with two attached hydrogens (primary N) is 3. The lowest BCUT2D eigenvalue weighted by molar-refractivity contribution is -0.577. The number of amides is 1. The number of hydrogen-bond donors (Lipinski definition) is 6. The van der Waals surface area contributed by atoms with Gasteiger partial charge in [0, 0.05) is 36.1 Å². The molecule has 0 radical (unpaired) electrons. The van der Waals surface area contributed by atoms with Crippen molar-refractivity contribution in [2.75, 3.05) is 10.6 Å². The van der Waals surface area contributed by atoms with Gasteiger partial charge >= 0.3 is 0 Å². The molecule has 0 bridgehead atoms. The number of nitrogens with zero attached hydrogens (tertiary/aromatic N) is 3. The quantitative estimate of drug-likeness (QED) is 0.163. The minimum absolute atomic E-state index is 0.0411. The Morgan fingerprint density at radius 1 is 1.21 bits per heavy atom. The van der Waals surface area contributed by atoms with Gasteiger partial charge in [-0.3, -0.25) is 10.2 Å². The van der Waals surface area contributed by atoms with Crippen molar-refractivity contribution < 1.29 is 10.2 Å². The van der Waals surface area contributed by atoms with E-state index in [1.165, 1.54) is 6.20 Å². The molecule has 10 nitrogen and oxygen atoms in total. The van der Waals surface area contributed by atoms with Crippen molar-refractivity contribution in [3.63, 3.8) is 0 Å². The Morgan fingerprint density at radius 3 is 2.82 bits per heavy atom. The van der Waals surface area contributed by atoms with Crippen LogP contribution in [0.25, 0.3) is 0 Å². The highest BCUT2D eigenvalue weighted by molar-refractivity contribution is 6.49. The molecule has 4 rings (SSSR count). The third-order valence-corrected chi connectivity index (χ3v) is 5.59. The maximum atomic E-state index is 11.9. The number of carbonyl (C=O) groups is 1. The van der Waals surface area contributed by atoms with Gasteiger partial charge in [-0.25, -0.2) is 4.98 Å². The molecule has 2 aliphatic rings. The molecule has 170 valence electrons. The van der Waals surface area contributed by atoms with Gasteiger partial charge in [-0.2, -0.15) is 10.4 Å².